The molecule has 0 spiro atoms. The zero-order valence-electron chi connectivity index (χ0n) is 10.9. The Bertz CT molecular complexity index is 343. The molecule has 1 aliphatic heterocycles. The second-order valence-electron chi connectivity index (χ2n) is 5.25. The van der Waals surface area contributed by atoms with E-state index in [0.29, 0.717) is 0 Å². The van der Waals surface area contributed by atoms with Gasteiger partial charge in [-0.3, -0.25) is 4.98 Å². The number of hydrogen-bond acceptors (Lipinski definition) is 3. The maximum Gasteiger partial charge on any atom is 0.0313 e. The van der Waals surface area contributed by atoms with Crippen LogP contribution in [0.2, 0.25) is 0 Å². The van der Waals surface area contributed by atoms with Crippen molar-refractivity contribution in [3.05, 3.63) is 29.6 Å². The molecule has 0 unspecified atom stereocenters. The quantitative estimate of drug-likeness (QED) is 0.860. The van der Waals surface area contributed by atoms with Gasteiger partial charge >= 0.3 is 0 Å². The Morgan fingerprint density at radius 3 is 2.82 bits per heavy atom. The van der Waals surface area contributed by atoms with Crippen LogP contribution in [-0.2, 0) is 6.54 Å². The fourth-order valence-corrected chi connectivity index (χ4v) is 2.40. The molecular weight excluding hydrogens is 210 g/mol. The van der Waals surface area contributed by atoms with Gasteiger partial charge in [0.05, 0.1) is 0 Å². The van der Waals surface area contributed by atoms with Gasteiger partial charge in [-0.1, -0.05) is 6.07 Å². The predicted octanol–water partition coefficient (Wildman–Crippen LogP) is 1.82. The lowest BCUT2D eigenvalue weighted by Gasteiger charge is -2.29. The Labute approximate surface area is 104 Å². The lowest BCUT2D eigenvalue weighted by molar-refractivity contribution is 0.216. The molecule has 1 saturated heterocycles. The van der Waals surface area contributed by atoms with Gasteiger partial charge in [0, 0.05) is 18.9 Å². The van der Waals surface area contributed by atoms with E-state index in [0.717, 1.165) is 19.0 Å². The molecule has 94 valence electrons. The van der Waals surface area contributed by atoms with Gasteiger partial charge in [0.1, 0.15) is 0 Å². The molecule has 1 fully saturated rings. The zero-order chi connectivity index (χ0) is 12.1. The summed E-state index contributed by atoms with van der Waals surface area (Å²) >= 11 is 0. The van der Waals surface area contributed by atoms with Crippen molar-refractivity contribution in [3.8, 4) is 0 Å². The van der Waals surface area contributed by atoms with Gasteiger partial charge in [-0.05, 0) is 63.5 Å². The standard InChI is InChI=1S/C14H23N3/c1-12-7-14(10-15-8-12)11-16-9-13-3-5-17(2)6-4-13/h7-8,10,13,16H,3-6,9,11H2,1-2H3. The van der Waals surface area contributed by atoms with Crippen LogP contribution in [0.3, 0.4) is 0 Å². The minimum atomic E-state index is 0.851. The van der Waals surface area contributed by atoms with E-state index >= 15 is 0 Å². The summed E-state index contributed by atoms with van der Waals surface area (Å²) in [6.07, 6.45) is 6.51. The van der Waals surface area contributed by atoms with Crippen LogP contribution in [0.4, 0.5) is 0 Å². The second-order valence-corrected chi connectivity index (χ2v) is 5.25. The number of nitrogens with zero attached hydrogens (tertiary/aromatic N) is 2. The SMILES string of the molecule is Cc1cncc(CNCC2CCN(C)CC2)c1. The van der Waals surface area contributed by atoms with Crippen LogP contribution in [0.15, 0.2) is 18.5 Å². The van der Waals surface area contributed by atoms with Crippen molar-refractivity contribution in [2.45, 2.75) is 26.3 Å². The van der Waals surface area contributed by atoms with E-state index in [1.807, 2.05) is 12.4 Å². The van der Waals surface area contributed by atoms with Gasteiger partial charge in [0.2, 0.25) is 0 Å². The number of pyridine rings is 1. The van der Waals surface area contributed by atoms with Crippen molar-refractivity contribution >= 4 is 0 Å². The zero-order valence-corrected chi connectivity index (χ0v) is 10.9. The maximum absolute atomic E-state index is 4.21. The first-order valence-electron chi connectivity index (χ1n) is 6.54. The molecule has 0 saturated carbocycles. The Morgan fingerprint density at radius 2 is 2.12 bits per heavy atom. The molecule has 1 aromatic rings. The average Bonchev–Trinajstić information content (AvgIpc) is 2.32. The van der Waals surface area contributed by atoms with E-state index in [-0.39, 0.29) is 0 Å². The van der Waals surface area contributed by atoms with Crippen LogP contribution in [0.1, 0.15) is 24.0 Å². The van der Waals surface area contributed by atoms with E-state index < -0.39 is 0 Å². The van der Waals surface area contributed by atoms with Crippen molar-refractivity contribution in [1.29, 1.82) is 0 Å². The number of aryl methyl sites for hydroxylation is 1. The van der Waals surface area contributed by atoms with Gasteiger partial charge in [0.15, 0.2) is 0 Å². The van der Waals surface area contributed by atoms with Crippen LogP contribution in [-0.4, -0.2) is 36.6 Å². The summed E-state index contributed by atoms with van der Waals surface area (Å²) in [5.74, 6) is 0.851. The Morgan fingerprint density at radius 1 is 1.35 bits per heavy atom. The molecule has 1 N–H and O–H groups in total. The summed E-state index contributed by atoms with van der Waals surface area (Å²) < 4.78 is 0. The van der Waals surface area contributed by atoms with Crippen LogP contribution in [0.5, 0.6) is 0 Å². The smallest absolute Gasteiger partial charge is 0.0313 e. The van der Waals surface area contributed by atoms with E-state index in [4.69, 9.17) is 0 Å². The van der Waals surface area contributed by atoms with Crippen LogP contribution < -0.4 is 5.32 Å². The largest absolute Gasteiger partial charge is 0.312 e. The third-order valence-corrected chi connectivity index (χ3v) is 3.53. The normalized spacial score (nSPS) is 18.5. The highest BCUT2D eigenvalue weighted by Gasteiger charge is 2.15. The first kappa shape index (κ1) is 12.5. The van der Waals surface area contributed by atoms with Gasteiger partial charge in [-0.15, -0.1) is 0 Å². The van der Waals surface area contributed by atoms with Crippen molar-refractivity contribution in [2.75, 3.05) is 26.7 Å². The monoisotopic (exact) mass is 233 g/mol. The fraction of sp³-hybridized carbons (Fsp3) is 0.643. The molecule has 3 nitrogen and oxygen atoms in total. The Kier molecular flexibility index (Phi) is 4.51. The highest BCUT2D eigenvalue weighted by molar-refractivity contribution is 5.16. The summed E-state index contributed by atoms with van der Waals surface area (Å²) in [6, 6.07) is 2.20. The summed E-state index contributed by atoms with van der Waals surface area (Å²) in [7, 11) is 2.21. The maximum atomic E-state index is 4.21. The average molecular weight is 233 g/mol. The predicted molar refractivity (Wildman–Crippen MR) is 70.9 cm³/mol. The number of likely N-dealkylation sites (tertiary alicyclic amines) is 1. The molecule has 0 atom stereocenters. The van der Waals surface area contributed by atoms with E-state index in [2.05, 4.69) is 35.2 Å². The molecule has 3 heteroatoms. The molecule has 1 aromatic heterocycles. The highest BCUT2D eigenvalue weighted by Crippen LogP contribution is 2.14. The minimum absolute atomic E-state index is 0.851. The topological polar surface area (TPSA) is 28.2 Å². The highest BCUT2D eigenvalue weighted by atomic mass is 15.1. The van der Waals surface area contributed by atoms with Crippen molar-refractivity contribution in [3.63, 3.8) is 0 Å². The summed E-state index contributed by atoms with van der Waals surface area (Å²) in [5.41, 5.74) is 2.53. The fourth-order valence-electron chi connectivity index (χ4n) is 2.40. The molecule has 17 heavy (non-hydrogen) atoms. The van der Waals surface area contributed by atoms with Crippen LogP contribution >= 0.6 is 0 Å². The minimum Gasteiger partial charge on any atom is -0.312 e. The van der Waals surface area contributed by atoms with Gasteiger partial charge < -0.3 is 10.2 Å². The van der Waals surface area contributed by atoms with Crippen molar-refractivity contribution in [2.24, 2.45) is 5.92 Å². The number of piperidine rings is 1. The molecule has 0 aromatic carbocycles. The van der Waals surface area contributed by atoms with Crippen molar-refractivity contribution < 1.29 is 0 Å². The second kappa shape index (κ2) is 6.12. The van der Waals surface area contributed by atoms with E-state index in [9.17, 15) is 0 Å². The van der Waals surface area contributed by atoms with E-state index in [1.54, 1.807) is 0 Å². The molecule has 2 heterocycles. The Hall–Kier alpha value is -0.930. The molecule has 1 aliphatic rings. The first-order chi connectivity index (χ1) is 8.24. The van der Waals surface area contributed by atoms with Crippen LogP contribution in [0.25, 0.3) is 0 Å². The molecule has 0 bridgehead atoms. The molecule has 0 amide bonds. The number of nitrogens with one attached hydrogen (secondary N) is 1. The molecular formula is C14H23N3. The van der Waals surface area contributed by atoms with E-state index in [1.165, 1.54) is 37.1 Å². The third kappa shape index (κ3) is 4.10. The number of hydrogen-bond donors (Lipinski definition) is 1. The summed E-state index contributed by atoms with van der Waals surface area (Å²) in [4.78, 5) is 6.63. The van der Waals surface area contributed by atoms with Crippen LogP contribution in [0, 0.1) is 12.8 Å². The number of rotatable bonds is 4. The lowest BCUT2D eigenvalue weighted by Crippen LogP contribution is -2.34. The summed E-state index contributed by atoms with van der Waals surface area (Å²) in [6.45, 7) is 6.67. The molecule has 0 aliphatic carbocycles. The third-order valence-electron chi connectivity index (χ3n) is 3.53. The van der Waals surface area contributed by atoms with Crippen molar-refractivity contribution in [1.82, 2.24) is 15.2 Å². The number of aromatic nitrogens is 1. The molecule has 2 rings (SSSR count). The molecule has 0 radical (unpaired) electrons. The lowest BCUT2D eigenvalue weighted by atomic mass is 9.97. The van der Waals surface area contributed by atoms with Gasteiger partial charge in [-0.25, -0.2) is 0 Å². The summed E-state index contributed by atoms with van der Waals surface area (Å²) in [5, 5.41) is 3.55. The van der Waals surface area contributed by atoms with Gasteiger partial charge in [-0.2, -0.15) is 0 Å². The first-order valence-corrected chi connectivity index (χ1v) is 6.54. The Balaban J connectivity index is 1.69. The van der Waals surface area contributed by atoms with Gasteiger partial charge in [0.25, 0.3) is 0 Å².